The third-order valence-corrected chi connectivity index (χ3v) is 6.06. The van der Waals surface area contributed by atoms with Crippen molar-refractivity contribution in [3.05, 3.63) is 74.4 Å². The van der Waals surface area contributed by atoms with Gasteiger partial charge in [-0.1, -0.05) is 26.0 Å². The van der Waals surface area contributed by atoms with Crippen molar-refractivity contribution in [2.45, 2.75) is 46.2 Å². The molecule has 10 nitrogen and oxygen atoms in total. The summed E-state index contributed by atoms with van der Waals surface area (Å²) in [5.74, 6) is -0.649. The number of nitrogens with one attached hydrogen (secondary N) is 2. The maximum Gasteiger partial charge on any atom is 0.352 e. The number of fused-ring (bicyclic) bond motifs is 3. The first-order valence-corrected chi connectivity index (χ1v) is 11.6. The molecule has 0 saturated heterocycles. The molecule has 0 aliphatic carbocycles. The first-order chi connectivity index (χ1) is 16.7. The van der Waals surface area contributed by atoms with Gasteiger partial charge in [0.2, 0.25) is 11.7 Å². The first kappa shape index (κ1) is 23.9. The highest BCUT2D eigenvalue weighted by atomic mass is 16.2. The quantitative estimate of drug-likeness (QED) is 0.423. The van der Waals surface area contributed by atoms with Gasteiger partial charge in [0.05, 0.1) is 10.9 Å². The molecule has 182 valence electrons. The molecule has 10 heteroatoms. The topological polar surface area (TPSA) is 120 Å². The Balaban J connectivity index is 1.75. The molecule has 0 fully saturated rings. The fraction of sp³-hybridized carbons (Fsp3) is 0.320. The number of aromatic nitrogens is 4. The zero-order chi connectivity index (χ0) is 25.3. The summed E-state index contributed by atoms with van der Waals surface area (Å²) < 4.78 is 3.52. The molecule has 0 saturated carbocycles. The van der Waals surface area contributed by atoms with E-state index in [1.165, 1.54) is 28.1 Å². The average Bonchev–Trinajstić information content (AvgIpc) is 3.17. The molecule has 1 unspecified atom stereocenters. The number of nitrogens with zero attached hydrogens (tertiary/aromatic N) is 4. The number of carbonyl (C=O) groups excluding carboxylic acids is 2. The number of amides is 2. The van der Waals surface area contributed by atoms with Gasteiger partial charge in [0.25, 0.3) is 11.5 Å². The van der Waals surface area contributed by atoms with Gasteiger partial charge < -0.3 is 10.6 Å². The summed E-state index contributed by atoms with van der Waals surface area (Å²) in [4.78, 5) is 51.5. The SMILES string of the molecule is CCc1cccc(NC(=O)Cn2nc3n(C)c(=O)c4ccc(C(=O)NC(C)CC)cc4n3c2=O)c1. The van der Waals surface area contributed by atoms with Gasteiger partial charge in [0.15, 0.2) is 0 Å². The van der Waals surface area contributed by atoms with Crippen molar-refractivity contribution in [2.75, 3.05) is 5.32 Å². The lowest BCUT2D eigenvalue weighted by molar-refractivity contribution is -0.117. The largest absolute Gasteiger partial charge is 0.352 e. The molecular weight excluding hydrogens is 448 g/mol. The number of anilines is 1. The minimum atomic E-state index is -0.586. The Hall–Kier alpha value is -4.21. The van der Waals surface area contributed by atoms with Crippen LogP contribution >= 0.6 is 0 Å². The highest BCUT2D eigenvalue weighted by Crippen LogP contribution is 2.15. The zero-order valence-electron chi connectivity index (χ0n) is 20.2. The summed E-state index contributed by atoms with van der Waals surface area (Å²) in [6.07, 6.45) is 1.59. The number of hydrogen-bond acceptors (Lipinski definition) is 5. The molecule has 35 heavy (non-hydrogen) atoms. The predicted molar refractivity (Wildman–Crippen MR) is 134 cm³/mol. The van der Waals surface area contributed by atoms with Gasteiger partial charge in [0.1, 0.15) is 6.54 Å². The lowest BCUT2D eigenvalue weighted by Gasteiger charge is -2.12. The first-order valence-electron chi connectivity index (χ1n) is 11.6. The minimum absolute atomic E-state index is 0.0242. The lowest BCUT2D eigenvalue weighted by Crippen LogP contribution is -2.32. The van der Waals surface area contributed by atoms with Crippen molar-refractivity contribution in [2.24, 2.45) is 7.05 Å². The van der Waals surface area contributed by atoms with Crippen LogP contribution in [0.1, 0.15) is 43.1 Å². The summed E-state index contributed by atoms with van der Waals surface area (Å²) in [6.45, 7) is 5.54. The third kappa shape index (κ3) is 4.59. The van der Waals surface area contributed by atoms with Crippen LogP contribution in [0.3, 0.4) is 0 Å². The number of benzene rings is 2. The molecule has 4 rings (SSSR count). The highest BCUT2D eigenvalue weighted by molar-refractivity contribution is 5.98. The fourth-order valence-corrected chi connectivity index (χ4v) is 3.85. The van der Waals surface area contributed by atoms with Crippen LogP contribution in [0, 0.1) is 0 Å². The summed E-state index contributed by atoms with van der Waals surface area (Å²) in [7, 11) is 1.51. The van der Waals surface area contributed by atoms with Gasteiger partial charge in [0, 0.05) is 24.3 Å². The Morgan fingerprint density at radius 3 is 2.57 bits per heavy atom. The number of carbonyl (C=O) groups is 2. The Bertz CT molecular complexity index is 1560. The van der Waals surface area contributed by atoms with E-state index in [1.807, 2.05) is 39.0 Å². The Morgan fingerprint density at radius 2 is 1.86 bits per heavy atom. The summed E-state index contributed by atoms with van der Waals surface area (Å²) in [5, 5.41) is 10.2. The maximum absolute atomic E-state index is 13.3. The van der Waals surface area contributed by atoms with E-state index in [0.29, 0.717) is 11.3 Å². The monoisotopic (exact) mass is 476 g/mol. The highest BCUT2D eigenvalue weighted by Gasteiger charge is 2.19. The van der Waals surface area contributed by atoms with E-state index in [0.717, 1.165) is 23.1 Å². The molecule has 1 atom stereocenters. The van der Waals surface area contributed by atoms with E-state index in [9.17, 15) is 19.2 Å². The van der Waals surface area contributed by atoms with E-state index in [2.05, 4.69) is 15.7 Å². The van der Waals surface area contributed by atoms with Crippen molar-refractivity contribution >= 4 is 34.2 Å². The molecule has 0 radical (unpaired) electrons. The molecule has 0 bridgehead atoms. The van der Waals surface area contributed by atoms with Gasteiger partial charge in [-0.15, -0.1) is 5.10 Å². The van der Waals surface area contributed by atoms with Crippen LogP contribution in [0.2, 0.25) is 0 Å². The van der Waals surface area contributed by atoms with Gasteiger partial charge in [-0.3, -0.25) is 19.0 Å². The normalized spacial score (nSPS) is 12.1. The van der Waals surface area contributed by atoms with Crippen molar-refractivity contribution in [3.63, 3.8) is 0 Å². The van der Waals surface area contributed by atoms with Gasteiger partial charge in [-0.25, -0.2) is 13.9 Å². The van der Waals surface area contributed by atoms with Crippen LogP contribution in [-0.4, -0.2) is 36.6 Å². The summed E-state index contributed by atoms with van der Waals surface area (Å²) >= 11 is 0. The molecule has 0 aliphatic rings. The molecule has 2 aromatic heterocycles. The van der Waals surface area contributed by atoms with Gasteiger partial charge in [-0.05, 0) is 55.7 Å². The van der Waals surface area contributed by atoms with Gasteiger partial charge in [-0.2, -0.15) is 0 Å². The van der Waals surface area contributed by atoms with E-state index < -0.39 is 11.6 Å². The summed E-state index contributed by atoms with van der Waals surface area (Å²) in [6, 6.07) is 12.0. The Kier molecular flexibility index (Phi) is 6.54. The van der Waals surface area contributed by atoms with Crippen LogP contribution in [0.15, 0.2) is 52.1 Å². The van der Waals surface area contributed by atoms with E-state index >= 15 is 0 Å². The molecule has 2 N–H and O–H groups in total. The van der Waals surface area contributed by atoms with Gasteiger partial charge >= 0.3 is 5.69 Å². The standard InChI is InChI=1S/C25H28N6O4/c1-5-15(3)26-22(33)17-10-11-19-20(13-17)31-24(29(4)23(19)34)28-30(25(31)35)14-21(32)27-18-9-7-8-16(6-2)12-18/h7-13,15H,5-6,14H2,1-4H3,(H,26,33)(H,27,32). The Labute approximate surface area is 201 Å². The molecule has 2 aromatic carbocycles. The Morgan fingerprint density at radius 1 is 1.09 bits per heavy atom. The zero-order valence-corrected chi connectivity index (χ0v) is 20.2. The average molecular weight is 477 g/mol. The summed E-state index contributed by atoms with van der Waals surface area (Å²) in [5.41, 5.74) is 1.33. The van der Waals surface area contributed by atoms with E-state index in [-0.39, 0.29) is 40.7 Å². The number of rotatable bonds is 7. The van der Waals surface area contributed by atoms with E-state index in [4.69, 9.17) is 0 Å². The molecule has 4 aromatic rings. The van der Waals surface area contributed by atoms with Crippen LogP contribution in [0.5, 0.6) is 0 Å². The molecular formula is C25H28N6O4. The van der Waals surface area contributed by atoms with Crippen molar-refractivity contribution in [1.82, 2.24) is 24.1 Å². The maximum atomic E-state index is 13.3. The second-order valence-electron chi connectivity index (χ2n) is 8.56. The smallest absolute Gasteiger partial charge is 0.350 e. The van der Waals surface area contributed by atoms with Crippen molar-refractivity contribution in [1.29, 1.82) is 0 Å². The van der Waals surface area contributed by atoms with Crippen LogP contribution < -0.4 is 21.9 Å². The van der Waals surface area contributed by atoms with Crippen molar-refractivity contribution in [3.8, 4) is 0 Å². The van der Waals surface area contributed by atoms with Crippen LogP contribution in [0.4, 0.5) is 5.69 Å². The second-order valence-corrected chi connectivity index (χ2v) is 8.56. The predicted octanol–water partition coefficient (Wildman–Crippen LogP) is 2.08. The molecule has 2 amide bonds. The van der Waals surface area contributed by atoms with Crippen molar-refractivity contribution < 1.29 is 9.59 Å². The molecule has 0 aliphatic heterocycles. The number of hydrogen-bond donors (Lipinski definition) is 2. The van der Waals surface area contributed by atoms with E-state index in [1.54, 1.807) is 12.1 Å². The molecule has 2 heterocycles. The fourth-order valence-electron chi connectivity index (χ4n) is 3.85. The number of aryl methyl sites for hydroxylation is 2. The van der Waals surface area contributed by atoms with Crippen LogP contribution in [-0.2, 0) is 24.8 Å². The third-order valence-electron chi connectivity index (χ3n) is 6.06. The van der Waals surface area contributed by atoms with Crippen LogP contribution in [0.25, 0.3) is 16.7 Å². The second kappa shape index (κ2) is 9.57. The minimum Gasteiger partial charge on any atom is -0.350 e. The lowest BCUT2D eigenvalue weighted by atomic mass is 10.1. The molecule has 0 spiro atoms.